The van der Waals surface area contributed by atoms with Crippen LogP contribution >= 0.6 is 0 Å². The SMILES string of the molecule is CCC(N)C(C)(C)N1CCCCCC1. The largest absolute Gasteiger partial charge is 0.326 e. The molecule has 0 saturated carbocycles. The van der Waals surface area contributed by atoms with E-state index < -0.39 is 0 Å². The van der Waals surface area contributed by atoms with Gasteiger partial charge in [-0.3, -0.25) is 4.90 Å². The van der Waals surface area contributed by atoms with Crippen molar-refractivity contribution in [3.8, 4) is 0 Å². The van der Waals surface area contributed by atoms with Crippen LogP contribution in [0.2, 0.25) is 0 Å². The Morgan fingerprint density at radius 3 is 2.07 bits per heavy atom. The van der Waals surface area contributed by atoms with Gasteiger partial charge in [0.1, 0.15) is 0 Å². The van der Waals surface area contributed by atoms with Crippen molar-refractivity contribution < 1.29 is 0 Å². The van der Waals surface area contributed by atoms with Crippen LogP contribution in [0.1, 0.15) is 52.9 Å². The van der Waals surface area contributed by atoms with Crippen molar-refractivity contribution in [2.24, 2.45) is 5.73 Å². The van der Waals surface area contributed by atoms with Gasteiger partial charge in [0.25, 0.3) is 0 Å². The Kier molecular flexibility index (Phi) is 4.39. The van der Waals surface area contributed by atoms with E-state index in [1.807, 2.05) is 0 Å². The molecule has 1 aliphatic rings. The Hall–Kier alpha value is -0.0800. The number of likely N-dealkylation sites (tertiary alicyclic amines) is 1. The molecule has 1 unspecified atom stereocenters. The van der Waals surface area contributed by atoms with Crippen LogP contribution in [0, 0.1) is 0 Å². The lowest BCUT2D eigenvalue weighted by atomic mass is 9.91. The lowest BCUT2D eigenvalue weighted by molar-refractivity contribution is 0.0965. The zero-order chi connectivity index (χ0) is 10.6. The summed E-state index contributed by atoms with van der Waals surface area (Å²) in [6.45, 7) is 9.25. The molecule has 0 aromatic carbocycles. The third-order valence-electron chi connectivity index (χ3n) is 3.77. The highest BCUT2D eigenvalue weighted by molar-refractivity contribution is 4.91. The smallest absolute Gasteiger partial charge is 0.0304 e. The van der Waals surface area contributed by atoms with Gasteiger partial charge in [-0.2, -0.15) is 0 Å². The zero-order valence-electron chi connectivity index (χ0n) is 10.1. The molecule has 0 bridgehead atoms. The molecule has 0 aliphatic carbocycles. The predicted octanol–water partition coefficient (Wildman–Crippen LogP) is 2.38. The average Bonchev–Trinajstić information content (AvgIpc) is 2.44. The summed E-state index contributed by atoms with van der Waals surface area (Å²) in [5, 5.41) is 0. The summed E-state index contributed by atoms with van der Waals surface area (Å²) in [5.41, 5.74) is 6.37. The molecule has 1 aliphatic heterocycles. The van der Waals surface area contributed by atoms with E-state index in [-0.39, 0.29) is 5.54 Å². The Labute approximate surface area is 88.8 Å². The summed E-state index contributed by atoms with van der Waals surface area (Å²) in [7, 11) is 0. The molecule has 2 N–H and O–H groups in total. The molecule has 0 aromatic heterocycles. The third-order valence-corrected chi connectivity index (χ3v) is 3.77. The van der Waals surface area contributed by atoms with Crippen LogP contribution in [0.25, 0.3) is 0 Å². The van der Waals surface area contributed by atoms with Gasteiger partial charge in [0, 0.05) is 11.6 Å². The summed E-state index contributed by atoms with van der Waals surface area (Å²) < 4.78 is 0. The van der Waals surface area contributed by atoms with E-state index in [1.54, 1.807) is 0 Å². The molecule has 2 nitrogen and oxygen atoms in total. The van der Waals surface area contributed by atoms with Crippen molar-refractivity contribution in [1.82, 2.24) is 4.90 Å². The first-order valence-corrected chi connectivity index (χ1v) is 6.09. The minimum atomic E-state index is 0.180. The van der Waals surface area contributed by atoms with E-state index in [0.717, 1.165) is 6.42 Å². The number of nitrogens with zero attached hydrogens (tertiary/aromatic N) is 1. The van der Waals surface area contributed by atoms with Gasteiger partial charge in [-0.25, -0.2) is 0 Å². The Bertz CT molecular complexity index is 158. The molecule has 1 heterocycles. The van der Waals surface area contributed by atoms with E-state index in [0.29, 0.717) is 6.04 Å². The van der Waals surface area contributed by atoms with Crippen LogP contribution < -0.4 is 5.73 Å². The zero-order valence-corrected chi connectivity index (χ0v) is 10.1. The van der Waals surface area contributed by atoms with Crippen LogP contribution in [-0.4, -0.2) is 29.6 Å². The van der Waals surface area contributed by atoms with Crippen LogP contribution in [0.4, 0.5) is 0 Å². The van der Waals surface area contributed by atoms with Gasteiger partial charge in [-0.05, 0) is 46.2 Å². The highest BCUT2D eigenvalue weighted by atomic mass is 15.2. The topological polar surface area (TPSA) is 29.3 Å². The van der Waals surface area contributed by atoms with Crippen molar-refractivity contribution in [1.29, 1.82) is 0 Å². The highest BCUT2D eigenvalue weighted by Crippen LogP contribution is 2.23. The molecule has 1 saturated heterocycles. The number of hydrogen-bond donors (Lipinski definition) is 1. The van der Waals surface area contributed by atoms with E-state index in [4.69, 9.17) is 5.73 Å². The van der Waals surface area contributed by atoms with E-state index in [2.05, 4.69) is 25.7 Å². The van der Waals surface area contributed by atoms with Crippen molar-refractivity contribution in [2.75, 3.05) is 13.1 Å². The minimum Gasteiger partial charge on any atom is -0.326 e. The maximum atomic E-state index is 6.19. The van der Waals surface area contributed by atoms with Crippen molar-refractivity contribution >= 4 is 0 Å². The molecular weight excluding hydrogens is 172 g/mol. The predicted molar refractivity (Wildman–Crippen MR) is 62.4 cm³/mol. The lowest BCUT2D eigenvalue weighted by Gasteiger charge is -2.42. The molecular formula is C12H26N2. The molecule has 1 atom stereocenters. The second kappa shape index (κ2) is 5.13. The first kappa shape index (κ1) is 12.0. The van der Waals surface area contributed by atoms with Crippen LogP contribution in [0.15, 0.2) is 0 Å². The first-order chi connectivity index (χ1) is 6.59. The van der Waals surface area contributed by atoms with Crippen molar-refractivity contribution in [3.63, 3.8) is 0 Å². The first-order valence-electron chi connectivity index (χ1n) is 6.09. The van der Waals surface area contributed by atoms with Gasteiger partial charge in [-0.1, -0.05) is 19.8 Å². The summed E-state index contributed by atoms with van der Waals surface area (Å²) in [4.78, 5) is 2.59. The van der Waals surface area contributed by atoms with Gasteiger partial charge in [-0.15, -0.1) is 0 Å². The quantitative estimate of drug-likeness (QED) is 0.754. The monoisotopic (exact) mass is 198 g/mol. The number of nitrogens with two attached hydrogens (primary N) is 1. The highest BCUT2D eigenvalue weighted by Gasteiger charge is 2.31. The van der Waals surface area contributed by atoms with Gasteiger partial charge >= 0.3 is 0 Å². The summed E-state index contributed by atoms with van der Waals surface area (Å²) in [6.07, 6.45) is 6.56. The number of rotatable bonds is 3. The molecule has 0 amide bonds. The lowest BCUT2D eigenvalue weighted by Crippen LogP contribution is -2.56. The average molecular weight is 198 g/mol. The van der Waals surface area contributed by atoms with Gasteiger partial charge in [0.15, 0.2) is 0 Å². The fraction of sp³-hybridized carbons (Fsp3) is 1.00. The molecule has 14 heavy (non-hydrogen) atoms. The van der Waals surface area contributed by atoms with Crippen LogP contribution in [-0.2, 0) is 0 Å². The standard InChI is InChI=1S/C12H26N2/c1-4-11(13)12(2,3)14-9-7-5-6-8-10-14/h11H,4-10,13H2,1-3H3. The van der Waals surface area contributed by atoms with E-state index in [1.165, 1.54) is 38.8 Å². The van der Waals surface area contributed by atoms with Crippen molar-refractivity contribution in [2.45, 2.75) is 64.5 Å². The Balaban J connectivity index is 2.59. The second-order valence-electron chi connectivity index (χ2n) is 5.07. The van der Waals surface area contributed by atoms with E-state index >= 15 is 0 Å². The fourth-order valence-electron chi connectivity index (χ4n) is 2.38. The van der Waals surface area contributed by atoms with Gasteiger partial charge in [0.2, 0.25) is 0 Å². The van der Waals surface area contributed by atoms with Crippen molar-refractivity contribution in [3.05, 3.63) is 0 Å². The second-order valence-corrected chi connectivity index (χ2v) is 5.07. The maximum absolute atomic E-state index is 6.19. The van der Waals surface area contributed by atoms with Crippen LogP contribution in [0.5, 0.6) is 0 Å². The fourth-order valence-corrected chi connectivity index (χ4v) is 2.38. The van der Waals surface area contributed by atoms with E-state index in [9.17, 15) is 0 Å². The maximum Gasteiger partial charge on any atom is 0.0304 e. The normalized spacial score (nSPS) is 23.1. The molecule has 0 aromatic rings. The molecule has 2 heteroatoms. The number of hydrogen-bond acceptors (Lipinski definition) is 2. The van der Waals surface area contributed by atoms with Crippen LogP contribution in [0.3, 0.4) is 0 Å². The molecule has 84 valence electrons. The summed E-state index contributed by atoms with van der Waals surface area (Å²) in [5.74, 6) is 0. The molecule has 0 spiro atoms. The summed E-state index contributed by atoms with van der Waals surface area (Å²) >= 11 is 0. The summed E-state index contributed by atoms with van der Waals surface area (Å²) in [6, 6.07) is 0.306. The van der Waals surface area contributed by atoms with Gasteiger partial charge < -0.3 is 5.73 Å². The molecule has 1 fully saturated rings. The Morgan fingerprint density at radius 1 is 1.14 bits per heavy atom. The van der Waals surface area contributed by atoms with Gasteiger partial charge in [0.05, 0.1) is 0 Å². The Morgan fingerprint density at radius 2 is 1.64 bits per heavy atom. The molecule has 0 radical (unpaired) electrons. The minimum absolute atomic E-state index is 0.180. The molecule has 1 rings (SSSR count). The third kappa shape index (κ3) is 2.71.